The summed E-state index contributed by atoms with van der Waals surface area (Å²) < 4.78 is 0. The Morgan fingerprint density at radius 3 is 2.00 bits per heavy atom. The zero-order valence-corrected chi connectivity index (χ0v) is 20.2. The van der Waals surface area contributed by atoms with E-state index in [1.54, 1.807) is 30.3 Å². The van der Waals surface area contributed by atoms with Gasteiger partial charge in [0.25, 0.3) is 0 Å². The van der Waals surface area contributed by atoms with Crippen molar-refractivity contribution >= 4 is 35.5 Å². The van der Waals surface area contributed by atoms with E-state index in [-0.39, 0.29) is 18.5 Å². The van der Waals surface area contributed by atoms with Gasteiger partial charge in [0.2, 0.25) is 12.3 Å². The second kappa shape index (κ2) is 9.95. The smallest absolute Gasteiger partial charge is 0.248 e. The van der Waals surface area contributed by atoms with E-state index < -0.39 is 6.04 Å². The van der Waals surface area contributed by atoms with Gasteiger partial charge in [-0.1, -0.05) is 102 Å². The van der Waals surface area contributed by atoms with E-state index in [2.05, 4.69) is 17.4 Å². The summed E-state index contributed by atoms with van der Waals surface area (Å²) >= 11 is 12.5. The van der Waals surface area contributed by atoms with Crippen molar-refractivity contribution in [3.05, 3.63) is 129 Å². The van der Waals surface area contributed by atoms with Gasteiger partial charge in [0, 0.05) is 16.6 Å². The first-order chi connectivity index (χ1) is 17.1. The SMILES string of the molecule is O=CN(Cc1ccccc1Cl)C(C(=O)NC1c2ccccc2-c2ccccc21)c1ccc(Cl)cc1. The van der Waals surface area contributed by atoms with Crippen molar-refractivity contribution in [2.45, 2.75) is 18.6 Å². The minimum atomic E-state index is -0.874. The summed E-state index contributed by atoms with van der Waals surface area (Å²) in [7, 11) is 0. The standard InChI is InChI=1S/C29H22Cl2N2O2/c30-21-15-13-19(14-16-21)28(33(18-34)17-20-7-1-6-12-26(20)31)29(35)32-27-24-10-4-2-8-22(24)23-9-3-5-11-25(23)27/h1-16,18,27-28H,17H2,(H,32,35). The Morgan fingerprint density at radius 2 is 1.40 bits per heavy atom. The minimum absolute atomic E-state index is 0.182. The quantitative estimate of drug-likeness (QED) is 0.291. The average Bonchev–Trinajstić information content (AvgIpc) is 3.19. The van der Waals surface area contributed by atoms with Crippen LogP contribution < -0.4 is 5.32 Å². The van der Waals surface area contributed by atoms with E-state index in [9.17, 15) is 9.59 Å². The Balaban J connectivity index is 1.52. The maximum atomic E-state index is 13.9. The number of nitrogens with zero attached hydrogens (tertiary/aromatic N) is 1. The zero-order chi connectivity index (χ0) is 24.4. The number of rotatable bonds is 7. The van der Waals surface area contributed by atoms with Crippen LogP contribution in [-0.2, 0) is 16.1 Å². The zero-order valence-electron chi connectivity index (χ0n) is 18.7. The topological polar surface area (TPSA) is 49.4 Å². The molecule has 4 nitrogen and oxygen atoms in total. The Morgan fingerprint density at radius 1 is 0.829 bits per heavy atom. The molecule has 1 unspecified atom stereocenters. The molecule has 5 rings (SSSR count). The van der Waals surface area contributed by atoms with Crippen LogP contribution >= 0.6 is 23.2 Å². The first kappa shape index (κ1) is 23.2. The Hall–Kier alpha value is -3.60. The van der Waals surface area contributed by atoms with Crippen LogP contribution in [0.5, 0.6) is 0 Å². The second-order valence-corrected chi connectivity index (χ2v) is 9.28. The monoisotopic (exact) mass is 500 g/mol. The number of halogens is 2. The van der Waals surface area contributed by atoms with Crippen LogP contribution in [0.1, 0.15) is 34.3 Å². The lowest BCUT2D eigenvalue weighted by Gasteiger charge is -2.30. The number of amides is 2. The summed E-state index contributed by atoms with van der Waals surface area (Å²) in [5, 5.41) is 4.30. The van der Waals surface area contributed by atoms with E-state index in [4.69, 9.17) is 23.2 Å². The van der Waals surface area contributed by atoms with Gasteiger partial charge in [0.1, 0.15) is 6.04 Å². The summed E-state index contributed by atoms with van der Waals surface area (Å²) in [6.07, 6.45) is 0.693. The van der Waals surface area contributed by atoms with Crippen molar-refractivity contribution in [2.75, 3.05) is 0 Å². The highest BCUT2D eigenvalue weighted by atomic mass is 35.5. The van der Waals surface area contributed by atoms with Crippen LogP contribution in [0.25, 0.3) is 11.1 Å². The molecule has 0 spiro atoms. The van der Waals surface area contributed by atoms with Gasteiger partial charge in [-0.25, -0.2) is 0 Å². The van der Waals surface area contributed by atoms with E-state index in [1.807, 2.05) is 54.6 Å². The molecule has 0 fully saturated rings. The van der Waals surface area contributed by atoms with Crippen LogP contribution in [0.4, 0.5) is 0 Å². The Labute approximate surface area is 214 Å². The van der Waals surface area contributed by atoms with Crippen molar-refractivity contribution in [1.82, 2.24) is 10.2 Å². The molecule has 0 heterocycles. The molecule has 1 atom stereocenters. The fourth-order valence-corrected chi connectivity index (χ4v) is 5.01. The average molecular weight is 501 g/mol. The molecular formula is C29H22Cl2N2O2. The highest BCUT2D eigenvalue weighted by molar-refractivity contribution is 6.31. The van der Waals surface area contributed by atoms with Crippen LogP contribution in [0, 0.1) is 0 Å². The number of fused-ring (bicyclic) bond motifs is 3. The summed E-state index contributed by atoms with van der Waals surface area (Å²) in [5.41, 5.74) is 5.66. The first-order valence-corrected chi connectivity index (χ1v) is 12.0. The predicted octanol–water partition coefficient (Wildman–Crippen LogP) is 6.58. The van der Waals surface area contributed by atoms with E-state index >= 15 is 0 Å². The minimum Gasteiger partial charge on any atom is -0.343 e. The van der Waals surface area contributed by atoms with Gasteiger partial charge in [-0.15, -0.1) is 0 Å². The molecule has 0 radical (unpaired) electrons. The normalized spacial score (nSPS) is 13.0. The van der Waals surface area contributed by atoms with Gasteiger partial charge >= 0.3 is 0 Å². The summed E-state index contributed by atoms with van der Waals surface area (Å²) in [5.74, 6) is -0.289. The van der Waals surface area contributed by atoms with Crippen LogP contribution in [-0.4, -0.2) is 17.2 Å². The van der Waals surface area contributed by atoms with Gasteiger partial charge < -0.3 is 10.2 Å². The molecule has 0 saturated carbocycles. The van der Waals surface area contributed by atoms with Crippen LogP contribution in [0.3, 0.4) is 0 Å². The van der Waals surface area contributed by atoms with E-state index in [0.29, 0.717) is 22.0 Å². The molecule has 1 N–H and O–H groups in total. The Bertz CT molecular complexity index is 1340. The molecule has 1 aliphatic rings. The van der Waals surface area contributed by atoms with Crippen molar-refractivity contribution in [1.29, 1.82) is 0 Å². The van der Waals surface area contributed by atoms with Crippen LogP contribution in [0.2, 0.25) is 10.0 Å². The molecule has 1 aliphatic carbocycles. The van der Waals surface area contributed by atoms with Crippen molar-refractivity contribution in [3.63, 3.8) is 0 Å². The number of carbonyl (C=O) groups is 2. The number of nitrogens with one attached hydrogen (secondary N) is 1. The third kappa shape index (κ3) is 4.55. The number of carbonyl (C=O) groups excluding carboxylic acids is 2. The van der Waals surface area contributed by atoms with Gasteiger partial charge in [-0.2, -0.15) is 0 Å². The molecule has 2 amide bonds. The lowest BCUT2D eigenvalue weighted by Crippen LogP contribution is -2.41. The van der Waals surface area contributed by atoms with E-state index in [1.165, 1.54) is 4.90 Å². The highest BCUT2D eigenvalue weighted by Crippen LogP contribution is 2.43. The molecular weight excluding hydrogens is 479 g/mol. The molecule has 0 aromatic heterocycles. The molecule has 0 saturated heterocycles. The van der Waals surface area contributed by atoms with Gasteiger partial charge in [-0.05, 0) is 51.6 Å². The third-order valence-electron chi connectivity index (χ3n) is 6.33. The second-order valence-electron chi connectivity index (χ2n) is 8.44. The molecule has 0 bridgehead atoms. The number of hydrogen-bond acceptors (Lipinski definition) is 2. The summed E-state index contributed by atoms with van der Waals surface area (Å²) in [4.78, 5) is 27.7. The molecule has 4 aromatic rings. The lowest BCUT2D eigenvalue weighted by atomic mass is 10.0. The van der Waals surface area contributed by atoms with Crippen molar-refractivity contribution in [3.8, 4) is 11.1 Å². The Kier molecular flexibility index (Phi) is 6.58. The maximum absolute atomic E-state index is 13.9. The highest BCUT2D eigenvalue weighted by Gasteiger charge is 2.34. The lowest BCUT2D eigenvalue weighted by molar-refractivity contribution is -0.134. The van der Waals surface area contributed by atoms with Crippen LogP contribution in [0.15, 0.2) is 97.1 Å². The molecule has 0 aliphatic heterocycles. The van der Waals surface area contributed by atoms with E-state index in [0.717, 1.165) is 27.8 Å². The molecule has 174 valence electrons. The summed E-state index contributed by atoms with van der Waals surface area (Å²) in [6.45, 7) is 0.182. The van der Waals surface area contributed by atoms with Gasteiger partial charge in [0.05, 0.1) is 6.04 Å². The van der Waals surface area contributed by atoms with Gasteiger partial charge in [0.15, 0.2) is 0 Å². The molecule has 4 aromatic carbocycles. The fourth-order valence-electron chi connectivity index (χ4n) is 4.68. The predicted molar refractivity (Wildman–Crippen MR) is 139 cm³/mol. The number of hydrogen-bond donors (Lipinski definition) is 1. The number of benzene rings is 4. The first-order valence-electron chi connectivity index (χ1n) is 11.3. The molecule has 35 heavy (non-hydrogen) atoms. The largest absolute Gasteiger partial charge is 0.343 e. The van der Waals surface area contributed by atoms with Crippen molar-refractivity contribution in [2.24, 2.45) is 0 Å². The molecule has 6 heteroatoms. The summed E-state index contributed by atoms with van der Waals surface area (Å²) in [6, 6.07) is 29.2. The third-order valence-corrected chi connectivity index (χ3v) is 6.95. The fraction of sp³-hybridized carbons (Fsp3) is 0.103. The van der Waals surface area contributed by atoms with Gasteiger partial charge in [-0.3, -0.25) is 9.59 Å². The maximum Gasteiger partial charge on any atom is 0.248 e. The van der Waals surface area contributed by atoms with Crippen molar-refractivity contribution < 1.29 is 9.59 Å².